The van der Waals surface area contributed by atoms with E-state index in [0.717, 1.165) is 5.56 Å². The Bertz CT molecular complexity index is 1430. The number of hydrogen-bond acceptors (Lipinski definition) is 6. The van der Waals surface area contributed by atoms with Crippen molar-refractivity contribution in [2.45, 2.75) is 13.5 Å². The first-order valence-corrected chi connectivity index (χ1v) is 10.5. The Morgan fingerprint density at radius 3 is 2.56 bits per heavy atom. The second kappa shape index (κ2) is 9.32. The molecule has 2 aromatic heterocycles. The van der Waals surface area contributed by atoms with Crippen molar-refractivity contribution in [3.63, 3.8) is 0 Å². The van der Waals surface area contributed by atoms with Gasteiger partial charge in [0.25, 0.3) is 17.4 Å². The summed E-state index contributed by atoms with van der Waals surface area (Å²) in [6.07, 6.45) is 1.44. The summed E-state index contributed by atoms with van der Waals surface area (Å²) in [6, 6.07) is 14.5. The van der Waals surface area contributed by atoms with Gasteiger partial charge in [-0.25, -0.2) is 4.98 Å². The van der Waals surface area contributed by atoms with E-state index in [2.05, 4.69) is 10.3 Å². The molecule has 172 valence electrons. The number of methoxy groups -OCH3 is 1. The van der Waals surface area contributed by atoms with Gasteiger partial charge in [0.15, 0.2) is 0 Å². The minimum atomic E-state index is -0.881. The monoisotopic (exact) mass is 478 g/mol. The SMILES string of the molecule is COc1cc(NC(=O)C(=O)c2c(C)n(Cc3ccc(Cl)cc3)c3ccc([N+](=O)[O-])cc23)ccn1. The normalized spacial score (nSPS) is 10.8. The molecule has 0 unspecified atom stereocenters. The molecule has 1 amide bonds. The van der Waals surface area contributed by atoms with Crippen molar-refractivity contribution in [2.75, 3.05) is 12.4 Å². The molecule has 1 N–H and O–H groups in total. The van der Waals surface area contributed by atoms with E-state index in [9.17, 15) is 19.7 Å². The van der Waals surface area contributed by atoms with Crippen molar-refractivity contribution in [1.29, 1.82) is 0 Å². The molecule has 0 saturated carbocycles. The first-order chi connectivity index (χ1) is 16.3. The largest absolute Gasteiger partial charge is 0.481 e. The van der Waals surface area contributed by atoms with E-state index in [0.29, 0.717) is 33.9 Å². The van der Waals surface area contributed by atoms with E-state index in [1.807, 2.05) is 16.7 Å². The number of pyridine rings is 1. The number of nitro groups is 1. The van der Waals surface area contributed by atoms with Gasteiger partial charge in [0.05, 0.1) is 17.6 Å². The van der Waals surface area contributed by atoms with Crippen molar-refractivity contribution in [3.05, 3.63) is 92.8 Å². The Hall–Kier alpha value is -4.24. The summed E-state index contributed by atoms with van der Waals surface area (Å²) in [4.78, 5) is 40.9. The Kier molecular flexibility index (Phi) is 6.29. The van der Waals surface area contributed by atoms with Crippen LogP contribution in [0.25, 0.3) is 10.9 Å². The third-order valence-corrected chi connectivity index (χ3v) is 5.66. The highest BCUT2D eigenvalue weighted by molar-refractivity contribution is 6.48. The number of anilines is 1. The van der Waals surface area contributed by atoms with E-state index in [1.165, 1.54) is 37.6 Å². The van der Waals surface area contributed by atoms with E-state index >= 15 is 0 Å². The number of benzene rings is 2. The van der Waals surface area contributed by atoms with E-state index in [1.54, 1.807) is 25.1 Å². The highest BCUT2D eigenvalue weighted by Gasteiger charge is 2.27. The first kappa shape index (κ1) is 22.9. The molecule has 0 radical (unpaired) electrons. The van der Waals surface area contributed by atoms with Gasteiger partial charge in [0, 0.05) is 58.2 Å². The lowest BCUT2D eigenvalue weighted by molar-refractivity contribution is -0.384. The molecule has 10 heteroatoms. The van der Waals surface area contributed by atoms with Gasteiger partial charge < -0.3 is 14.6 Å². The topological polar surface area (TPSA) is 116 Å². The number of halogens is 1. The van der Waals surface area contributed by atoms with Gasteiger partial charge in [-0.05, 0) is 36.8 Å². The molecule has 2 aromatic carbocycles. The number of fused-ring (bicyclic) bond motifs is 1. The summed E-state index contributed by atoms with van der Waals surface area (Å²) in [7, 11) is 1.44. The van der Waals surface area contributed by atoms with Crippen molar-refractivity contribution in [2.24, 2.45) is 0 Å². The quantitative estimate of drug-likeness (QED) is 0.177. The van der Waals surface area contributed by atoms with Gasteiger partial charge in [-0.3, -0.25) is 19.7 Å². The Morgan fingerprint density at radius 2 is 1.88 bits per heavy atom. The van der Waals surface area contributed by atoms with Crippen molar-refractivity contribution < 1.29 is 19.2 Å². The summed E-state index contributed by atoms with van der Waals surface area (Å²) >= 11 is 5.98. The number of aromatic nitrogens is 2. The highest BCUT2D eigenvalue weighted by Crippen LogP contribution is 2.31. The summed E-state index contributed by atoms with van der Waals surface area (Å²) < 4.78 is 6.88. The maximum Gasteiger partial charge on any atom is 0.296 e. The number of nitrogens with one attached hydrogen (secondary N) is 1. The predicted octanol–water partition coefficient (Wildman–Crippen LogP) is 4.78. The van der Waals surface area contributed by atoms with E-state index < -0.39 is 16.6 Å². The Labute approximate surface area is 199 Å². The number of Topliss-reactive ketones (excluding diaryl/α,β-unsaturated/α-hetero) is 1. The number of ether oxygens (including phenoxy) is 1. The lowest BCUT2D eigenvalue weighted by Gasteiger charge is -2.09. The standard InChI is InChI=1S/C24H19ClN4O5/c1-14-22(23(30)24(31)27-17-9-10-26-21(11-17)34-2)19-12-18(29(32)33)7-8-20(19)28(14)13-15-3-5-16(25)6-4-15/h3-12H,13H2,1-2H3,(H,26,27,31). The van der Waals surface area contributed by atoms with Crippen LogP contribution in [-0.4, -0.2) is 33.3 Å². The lowest BCUT2D eigenvalue weighted by atomic mass is 10.1. The van der Waals surface area contributed by atoms with Crippen LogP contribution in [0.5, 0.6) is 5.88 Å². The number of carbonyl (C=O) groups is 2. The average molecular weight is 479 g/mol. The molecule has 0 spiro atoms. The maximum atomic E-state index is 13.3. The van der Waals surface area contributed by atoms with Crippen LogP contribution in [-0.2, 0) is 11.3 Å². The molecular formula is C24H19ClN4O5. The number of rotatable bonds is 7. The van der Waals surface area contributed by atoms with Gasteiger partial charge in [0.1, 0.15) is 0 Å². The Morgan fingerprint density at radius 1 is 1.15 bits per heavy atom. The summed E-state index contributed by atoms with van der Waals surface area (Å²) in [5.74, 6) is -1.42. The number of nitrogens with zero attached hydrogens (tertiary/aromatic N) is 3. The van der Waals surface area contributed by atoms with Crippen LogP contribution in [0.4, 0.5) is 11.4 Å². The molecule has 4 rings (SSSR count). The molecule has 2 heterocycles. The molecule has 34 heavy (non-hydrogen) atoms. The fourth-order valence-electron chi connectivity index (χ4n) is 3.75. The minimum absolute atomic E-state index is 0.103. The fourth-order valence-corrected chi connectivity index (χ4v) is 3.87. The number of amides is 1. The van der Waals surface area contributed by atoms with Crippen molar-refractivity contribution in [1.82, 2.24) is 9.55 Å². The number of carbonyl (C=O) groups excluding carboxylic acids is 2. The number of nitro benzene ring substituents is 1. The van der Waals surface area contributed by atoms with Crippen LogP contribution in [0, 0.1) is 17.0 Å². The minimum Gasteiger partial charge on any atom is -0.481 e. The average Bonchev–Trinajstić information content (AvgIpc) is 3.10. The van der Waals surface area contributed by atoms with Crippen LogP contribution in [0.15, 0.2) is 60.8 Å². The van der Waals surface area contributed by atoms with E-state index in [4.69, 9.17) is 16.3 Å². The highest BCUT2D eigenvalue weighted by atomic mass is 35.5. The smallest absolute Gasteiger partial charge is 0.296 e. The fraction of sp³-hybridized carbons (Fsp3) is 0.125. The van der Waals surface area contributed by atoms with Crippen LogP contribution in [0.1, 0.15) is 21.6 Å². The summed E-state index contributed by atoms with van der Waals surface area (Å²) in [5, 5.41) is 14.8. The van der Waals surface area contributed by atoms with Crippen LogP contribution in [0.3, 0.4) is 0 Å². The summed E-state index contributed by atoms with van der Waals surface area (Å²) in [5.41, 5.74) is 2.28. The zero-order chi connectivity index (χ0) is 24.4. The molecule has 0 atom stereocenters. The molecule has 0 aliphatic rings. The number of hydrogen-bond donors (Lipinski definition) is 1. The van der Waals surface area contributed by atoms with Crippen molar-refractivity contribution >= 4 is 45.6 Å². The molecule has 0 aliphatic heterocycles. The molecule has 0 bridgehead atoms. The van der Waals surface area contributed by atoms with Crippen LogP contribution < -0.4 is 10.1 Å². The van der Waals surface area contributed by atoms with Gasteiger partial charge in [0.2, 0.25) is 5.88 Å². The van der Waals surface area contributed by atoms with Gasteiger partial charge >= 0.3 is 0 Å². The maximum absolute atomic E-state index is 13.3. The Balaban J connectivity index is 1.78. The number of non-ortho nitro benzene ring substituents is 1. The zero-order valence-electron chi connectivity index (χ0n) is 18.2. The molecule has 0 saturated heterocycles. The first-order valence-electron chi connectivity index (χ1n) is 10.2. The lowest BCUT2D eigenvalue weighted by Crippen LogP contribution is -2.23. The second-order valence-corrected chi connectivity index (χ2v) is 7.94. The third kappa shape index (κ3) is 4.46. The molecular weight excluding hydrogens is 460 g/mol. The third-order valence-electron chi connectivity index (χ3n) is 5.41. The summed E-state index contributed by atoms with van der Waals surface area (Å²) in [6.45, 7) is 2.09. The predicted molar refractivity (Wildman–Crippen MR) is 128 cm³/mol. The van der Waals surface area contributed by atoms with Crippen LogP contribution in [0.2, 0.25) is 5.02 Å². The van der Waals surface area contributed by atoms with Gasteiger partial charge in [-0.15, -0.1) is 0 Å². The zero-order valence-corrected chi connectivity index (χ0v) is 19.0. The molecule has 0 fully saturated rings. The second-order valence-electron chi connectivity index (χ2n) is 7.50. The van der Waals surface area contributed by atoms with Crippen LogP contribution >= 0.6 is 11.6 Å². The molecule has 9 nitrogen and oxygen atoms in total. The van der Waals surface area contributed by atoms with Crippen molar-refractivity contribution in [3.8, 4) is 5.88 Å². The van der Waals surface area contributed by atoms with Gasteiger partial charge in [-0.2, -0.15) is 0 Å². The molecule has 0 aliphatic carbocycles. The molecule has 4 aromatic rings. The number of ketones is 1. The van der Waals surface area contributed by atoms with Gasteiger partial charge in [-0.1, -0.05) is 23.7 Å². The van der Waals surface area contributed by atoms with E-state index in [-0.39, 0.29) is 17.1 Å².